The molecule has 2 N–H and O–H groups in total. The van der Waals surface area contributed by atoms with E-state index in [1.165, 1.54) is 0 Å². The summed E-state index contributed by atoms with van der Waals surface area (Å²) < 4.78 is 87.7. The van der Waals surface area contributed by atoms with Crippen molar-refractivity contribution in [2.24, 2.45) is 5.73 Å². The van der Waals surface area contributed by atoms with E-state index in [9.17, 15) is 35.5 Å². The number of carbonyl (C=O) groups excluding carboxylic acids is 1. The lowest BCUT2D eigenvalue weighted by Crippen LogP contribution is -2.25. The molecule has 0 aliphatic carbocycles. The SMILES string of the molecule is NC(=O)c1c(F)ccc(C(F)(F)F)c1C(F)(F)F. The summed E-state index contributed by atoms with van der Waals surface area (Å²) in [5, 5.41) is 0. The Morgan fingerprint density at radius 1 is 1.00 bits per heavy atom. The van der Waals surface area contributed by atoms with Crippen LogP contribution < -0.4 is 5.73 Å². The smallest absolute Gasteiger partial charge is 0.365 e. The predicted octanol–water partition coefficient (Wildman–Crippen LogP) is 2.96. The third-order valence-corrected chi connectivity index (χ3v) is 1.99. The van der Waals surface area contributed by atoms with Crippen molar-refractivity contribution in [3.05, 3.63) is 34.6 Å². The molecule has 1 amide bonds. The summed E-state index contributed by atoms with van der Waals surface area (Å²) in [6, 6.07) is 0.0166. The Morgan fingerprint density at radius 3 is 1.83 bits per heavy atom. The Kier molecular flexibility index (Phi) is 3.28. The normalized spacial score (nSPS) is 12.6. The fourth-order valence-electron chi connectivity index (χ4n) is 1.35. The highest BCUT2D eigenvalue weighted by Gasteiger charge is 2.46. The summed E-state index contributed by atoms with van der Waals surface area (Å²) in [5.41, 5.74) is -1.92. The predicted molar refractivity (Wildman–Crippen MR) is 44.9 cm³/mol. The van der Waals surface area contributed by atoms with Gasteiger partial charge in [-0.25, -0.2) is 4.39 Å². The van der Waals surface area contributed by atoms with Crippen LogP contribution in [-0.2, 0) is 12.4 Å². The van der Waals surface area contributed by atoms with E-state index in [-0.39, 0.29) is 12.1 Å². The summed E-state index contributed by atoms with van der Waals surface area (Å²) >= 11 is 0. The quantitative estimate of drug-likeness (QED) is 0.787. The lowest BCUT2D eigenvalue weighted by atomic mass is 9.99. The van der Waals surface area contributed by atoms with E-state index in [4.69, 9.17) is 0 Å². The van der Waals surface area contributed by atoms with Crippen LogP contribution >= 0.6 is 0 Å². The minimum Gasteiger partial charge on any atom is -0.365 e. The second-order valence-electron chi connectivity index (χ2n) is 3.20. The number of primary amides is 1. The van der Waals surface area contributed by atoms with Crippen molar-refractivity contribution in [1.82, 2.24) is 0 Å². The fourth-order valence-corrected chi connectivity index (χ4v) is 1.35. The molecule has 0 radical (unpaired) electrons. The zero-order valence-electron chi connectivity index (χ0n) is 8.29. The summed E-state index contributed by atoms with van der Waals surface area (Å²) in [4.78, 5) is 10.7. The van der Waals surface area contributed by atoms with Gasteiger partial charge in [0.05, 0.1) is 16.7 Å². The number of hydrogen-bond acceptors (Lipinski definition) is 1. The van der Waals surface area contributed by atoms with Gasteiger partial charge in [0.2, 0.25) is 0 Å². The third-order valence-electron chi connectivity index (χ3n) is 1.99. The van der Waals surface area contributed by atoms with Crippen LogP contribution in [0.2, 0.25) is 0 Å². The minimum atomic E-state index is -5.56. The van der Waals surface area contributed by atoms with Gasteiger partial charge in [0, 0.05) is 0 Å². The van der Waals surface area contributed by atoms with Crippen molar-refractivity contribution in [1.29, 1.82) is 0 Å². The van der Waals surface area contributed by atoms with Crippen LogP contribution in [0.3, 0.4) is 0 Å². The molecule has 2 nitrogen and oxygen atoms in total. The van der Waals surface area contributed by atoms with Crippen molar-refractivity contribution in [3.63, 3.8) is 0 Å². The van der Waals surface area contributed by atoms with Gasteiger partial charge < -0.3 is 5.73 Å². The minimum absolute atomic E-state index is 0.0927. The summed E-state index contributed by atoms with van der Waals surface area (Å²) in [5.74, 6) is -3.69. The maximum atomic E-state index is 13.0. The average Bonchev–Trinajstić information content (AvgIpc) is 2.12. The van der Waals surface area contributed by atoms with Crippen LogP contribution in [0.1, 0.15) is 21.5 Å². The van der Waals surface area contributed by atoms with E-state index in [0.29, 0.717) is 0 Å². The first-order valence-electron chi connectivity index (χ1n) is 4.23. The number of benzene rings is 1. The van der Waals surface area contributed by atoms with E-state index < -0.39 is 40.8 Å². The molecule has 0 aliphatic heterocycles. The molecular weight excluding hydrogens is 271 g/mol. The summed E-state index contributed by atoms with van der Waals surface area (Å²) in [6.45, 7) is 0. The van der Waals surface area contributed by atoms with Crippen LogP contribution in [0.5, 0.6) is 0 Å². The second kappa shape index (κ2) is 4.14. The number of alkyl halides is 6. The Morgan fingerprint density at radius 2 is 1.50 bits per heavy atom. The van der Waals surface area contributed by atoms with Crippen molar-refractivity contribution >= 4 is 5.91 Å². The van der Waals surface area contributed by atoms with Crippen LogP contribution in [0.25, 0.3) is 0 Å². The number of amides is 1. The molecule has 0 aromatic heterocycles. The standard InChI is InChI=1S/C9H4F7NO/c10-4-2-1-3(8(11,12)13)6(9(14,15)16)5(4)7(17)18/h1-2H,(H2,17,18). The first-order chi connectivity index (χ1) is 7.96. The number of halogens is 7. The van der Waals surface area contributed by atoms with Crippen LogP contribution in [-0.4, -0.2) is 5.91 Å². The molecule has 9 heteroatoms. The van der Waals surface area contributed by atoms with Gasteiger partial charge in [-0.15, -0.1) is 0 Å². The highest BCUT2D eigenvalue weighted by molar-refractivity contribution is 5.95. The molecule has 0 spiro atoms. The van der Waals surface area contributed by atoms with E-state index in [0.717, 1.165) is 0 Å². The molecule has 0 bridgehead atoms. The molecule has 18 heavy (non-hydrogen) atoms. The van der Waals surface area contributed by atoms with Gasteiger partial charge in [0.25, 0.3) is 5.91 Å². The highest BCUT2D eigenvalue weighted by atomic mass is 19.4. The number of carbonyl (C=O) groups is 1. The summed E-state index contributed by atoms with van der Waals surface area (Å²) in [7, 11) is 0. The molecule has 0 aliphatic rings. The first kappa shape index (κ1) is 14.3. The van der Waals surface area contributed by atoms with Crippen LogP contribution in [0, 0.1) is 5.82 Å². The molecule has 0 fully saturated rings. The van der Waals surface area contributed by atoms with Gasteiger partial charge in [0.15, 0.2) is 0 Å². The van der Waals surface area contributed by atoms with Crippen molar-refractivity contribution < 1.29 is 35.5 Å². The van der Waals surface area contributed by atoms with E-state index in [1.807, 2.05) is 0 Å². The van der Waals surface area contributed by atoms with Crippen LogP contribution in [0.4, 0.5) is 30.7 Å². The lowest BCUT2D eigenvalue weighted by Gasteiger charge is -2.18. The monoisotopic (exact) mass is 275 g/mol. The highest BCUT2D eigenvalue weighted by Crippen LogP contribution is 2.42. The molecule has 0 heterocycles. The van der Waals surface area contributed by atoms with E-state index in [2.05, 4.69) is 5.73 Å². The zero-order valence-corrected chi connectivity index (χ0v) is 8.29. The molecule has 1 aromatic carbocycles. The second-order valence-corrected chi connectivity index (χ2v) is 3.20. The maximum absolute atomic E-state index is 13.0. The topological polar surface area (TPSA) is 43.1 Å². The molecule has 1 rings (SSSR count). The van der Waals surface area contributed by atoms with Gasteiger partial charge in [-0.3, -0.25) is 4.79 Å². The zero-order chi connectivity index (χ0) is 14.3. The Hall–Kier alpha value is -1.80. The Bertz CT molecular complexity index is 489. The fraction of sp³-hybridized carbons (Fsp3) is 0.222. The maximum Gasteiger partial charge on any atom is 0.417 e. The molecule has 100 valence electrons. The molecular formula is C9H4F7NO. The third kappa shape index (κ3) is 2.54. The van der Waals surface area contributed by atoms with E-state index >= 15 is 0 Å². The van der Waals surface area contributed by atoms with Crippen molar-refractivity contribution in [3.8, 4) is 0 Å². The Labute approximate surface area is 95.2 Å². The van der Waals surface area contributed by atoms with Gasteiger partial charge in [0.1, 0.15) is 5.82 Å². The lowest BCUT2D eigenvalue weighted by molar-refractivity contribution is -0.162. The van der Waals surface area contributed by atoms with Gasteiger partial charge >= 0.3 is 12.4 Å². The number of nitrogens with two attached hydrogens (primary N) is 1. The number of hydrogen-bond donors (Lipinski definition) is 1. The molecule has 0 atom stereocenters. The van der Waals surface area contributed by atoms with Gasteiger partial charge in [-0.1, -0.05) is 0 Å². The summed E-state index contributed by atoms with van der Waals surface area (Å²) in [6.07, 6.45) is -10.9. The molecule has 0 saturated heterocycles. The molecule has 0 unspecified atom stereocenters. The Balaban J connectivity index is 3.78. The largest absolute Gasteiger partial charge is 0.417 e. The molecule has 1 aromatic rings. The van der Waals surface area contributed by atoms with Gasteiger partial charge in [-0.2, -0.15) is 26.3 Å². The average molecular weight is 275 g/mol. The van der Waals surface area contributed by atoms with Crippen molar-refractivity contribution in [2.45, 2.75) is 12.4 Å². The van der Waals surface area contributed by atoms with Gasteiger partial charge in [-0.05, 0) is 12.1 Å². The number of rotatable bonds is 1. The van der Waals surface area contributed by atoms with Crippen LogP contribution in [0.15, 0.2) is 12.1 Å². The van der Waals surface area contributed by atoms with E-state index in [1.54, 1.807) is 0 Å². The van der Waals surface area contributed by atoms with Crippen molar-refractivity contribution in [2.75, 3.05) is 0 Å². The molecule has 0 saturated carbocycles. The first-order valence-corrected chi connectivity index (χ1v) is 4.23.